The number of carbonyl (C=O) groups is 3. The molecule has 0 aliphatic carbocycles. The molecule has 1 aromatic rings. The third kappa shape index (κ3) is 3.08. The lowest BCUT2D eigenvalue weighted by molar-refractivity contribution is -0.140. The van der Waals surface area contributed by atoms with E-state index in [1.54, 1.807) is 0 Å². The van der Waals surface area contributed by atoms with Crippen LogP contribution in [0.5, 0.6) is 0 Å². The average Bonchev–Trinajstić information content (AvgIpc) is 2.68. The topological polar surface area (TPSA) is 138 Å². The van der Waals surface area contributed by atoms with Crippen LogP contribution in [0.3, 0.4) is 0 Å². The van der Waals surface area contributed by atoms with Gasteiger partial charge in [-0.1, -0.05) is 0 Å². The Morgan fingerprint density at radius 1 is 1.56 bits per heavy atom. The van der Waals surface area contributed by atoms with Crippen LogP contribution in [0, 0.1) is 0 Å². The number of nitrogens with one attached hydrogen (secondary N) is 2. The molecular weight excluding hydrogens is 216 g/mol. The summed E-state index contributed by atoms with van der Waals surface area (Å²) in [5, 5.41) is 10.9. The lowest BCUT2D eigenvalue weighted by atomic mass is 10.2. The summed E-state index contributed by atoms with van der Waals surface area (Å²) in [6.45, 7) is 0. The molecule has 1 heterocycles. The largest absolute Gasteiger partial charge is 0.480 e. The number of amides is 2. The van der Waals surface area contributed by atoms with Crippen LogP contribution in [0.15, 0.2) is 12.5 Å². The van der Waals surface area contributed by atoms with Gasteiger partial charge in [-0.25, -0.2) is 9.78 Å². The van der Waals surface area contributed by atoms with Crippen LogP contribution in [0.2, 0.25) is 0 Å². The van der Waals surface area contributed by atoms with Crippen molar-refractivity contribution >= 4 is 17.8 Å². The number of imidazole rings is 1. The van der Waals surface area contributed by atoms with Crippen molar-refractivity contribution < 1.29 is 19.5 Å². The Hall–Kier alpha value is -2.38. The van der Waals surface area contributed by atoms with Crippen LogP contribution in [-0.4, -0.2) is 38.9 Å². The number of hydrogen-bond donors (Lipinski definition) is 4. The maximum absolute atomic E-state index is 11.4. The number of hydrogen-bond acceptors (Lipinski definition) is 4. The zero-order valence-corrected chi connectivity index (χ0v) is 8.14. The molecule has 1 aromatic heterocycles. The number of nitrogens with zero attached hydrogens (tertiary/aromatic N) is 1. The molecule has 0 saturated heterocycles. The minimum Gasteiger partial charge on any atom is -0.480 e. The fraction of sp³-hybridized carbons (Fsp3) is 0.250. The van der Waals surface area contributed by atoms with Gasteiger partial charge >= 0.3 is 5.97 Å². The molecule has 0 aromatic carbocycles. The van der Waals surface area contributed by atoms with E-state index in [2.05, 4.69) is 15.3 Å². The van der Waals surface area contributed by atoms with Crippen molar-refractivity contribution in [1.82, 2.24) is 15.3 Å². The summed E-state index contributed by atoms with van der Waals surface area (Å²) < 4.78 is 0. The zero-order valence-electron chi connectivity index (χ0n) is 8.14. The number of aromatic amines is 1. The van der Waals surface area contributed by atoms with Gasteiger partial charge in [0.25, 0.3) is 5.91 Å². The summed E-state index contributed by atoms with van der Waals surface area (Å²) in [4.78, 5) is 38.8. The zero-order chi connectivity index (χ0) is 12.1. The van der Waals surface area contributed by atoms with Crippen molar-refractivity contribution in [1.29, 1.82) is 0 Å². The molecule has 5 N–H and O–H groups in total. The van der Waals surface area contributed by atoms with Gasteiger partial charge in [-0.05, 0) is 0 Å². The maximum Gasteiger partial charge on any atom is 0.326 e. The van der Waals surface area contributed by atoms with Crippen molar-refractivity contribution in [3.63, 3.8) is 0 Å². The van der Waals surface area contributed by atoms with E-state index < -0.39 is 30.2 Å². The summed E-state index contributed by atoms with van der Waals surface area (Å²) >= 11 is 0. The van der Waals surface area contributed by atoms with Gasteiger partial charge in [0.05, 0.1) is 18.9 Å². The van der Waals surface area contributed by atoms with Crippen LogP contribution in [0.25, 0.3) is 0 Å². The first kappa shape index (κ1) is 11.7. The van der Waals surface area contributed by atoms with Crippen LogP contribution >= 0.6 is 0 Å². The summed E-state index contributed by atoms with van der Waals surface area (Å²) in [6, 6.07) is -1.34. The Bertz CT molecular complexity index is 400. The molecule has 0 saturated carbocycles. The van der Waals surface area contributed by atoms with E-state index in [9.17, 15) is 14.4 Å². The first-order valence-corrected chi connectivity index (χ1v) is 4.31. The minimum atomic E-state index is -1.34. The smallest absolute Gasteiger partial charge is 0.326 e. The van der Waals surface area contributed by atoms with E-state index in [0.717, 1.165) is 0 Å². The lowest BCUT2D eigenvalue weighted by Gasteiger charge is -2.11. The Balaban J connectivity index is 2.65. The van der Waals surface area contributed by atoms with Gasteiger partial charge in [0.1, 0.15) is 11.7 Å². The van der Waals surface area contributed by atoms with E-state index in [0.29, 0.717) is 0 Å². The second-order valence-corrected chi connectivity index (χ2v) is 3.00. The van der Waals surface area contributed by atoms with Gasteiger partial charge in [0.15, 0.2) is 0 Å². The minimum absolute atomic E-state index is 0.107. The highest BCUT2D eigenvalue weighted by molar-refractivity contribution is 5.95. The number of carboxylic acid groups (broad SMARTS) is 1. The summed E-state index contributed by atoms with van der Waals surface area (Å²) in [5.74, 6) is -2.80. The fourth-order valence-corrected chi connectivity index (χ4v) is 1.02. The third-order valence-corrected chi connectivity index (χ3v) is 1.75. The number of nitrogens with two attached hydrogens (primary N) is 1. The van der Waals surface area contributed by atoms with Gasteiger partial charge in [0.2, 0.25) is 5.91 Å². The second kappa shape index (κ2) is 4.91. The molecule has 1 rings (SSSR count). The maximum atomic E-state index is 11.4. The van der Waals surface area contributed by atoms with Crippen LogP contribution in [-0.2, 0) is 9.59 Å². The van der Waals surface area contributed by atoms with Crippen molar-refractivity contribution in [2.45, 2.75) is 12.5 Å². The molecule has 86 valence electrons. The Labute approximate surface area is 89.9 Å². The van der Waals surface area contributed by atoms with Crippen LogP contribution < -0.4 is 11.1 Å². The van der Waals surface area contributed by atoms with Gasteiger partial charge in [-0.3, -0.25) is 9.59 Å². The van der Waals surface area contributed by atoms with Crippen molar-refractivity contribution in [3.8, 4) is 0 Å². The number of aromatic nitrogens is 2. The fourth-order valence-electron chi connectivity index (χ4n) is 1.02. The highest BCUT2D eigenvalue weighted by Gasteiger charge is 2.22. The number of rotatable bonds is 5. The monoisotopic (exact) mass is 226 g/mol. The molecule has 0 radical (unpaired) electrons. The number of primary amides is 1. The van der Waals surface area contributed by atoms with E-state index in [4.69, 9.17) is 10.8 Å². The third-order valence-electron chi connectivity index (χ3n) is 1.75. The number of H-pyrrole nitrogens is 1. The molecule has 0 unspecified atom stereocenters. The molecule has 0 aliphatic heterocycles. The second-order valence-electron chi connectivity index (χ2n) is 3.00. The standard InChI is InChI=1S/C8H10N4O4/c9-6(13)1-4(8(15)16)12-7(14)5-2-10-3-11-5/h2-4H,1H2,(H2,9,13)(H,10,11)(H,12,14)(H,15,16)/t4-/m1/s1. The predicted octanol–water partition coefficient (Wildman–Crippen LogP) is -1.53. The summed E-state index contributed by atoms with van der Waals surface area (Å²) in [5.41, 5.74) is 4.96. The first-order chi connectivity index (χ1) is 7.50. The van der Waals surface area contributed by atoms with Gasteiger partial charge < -0.3 is 21.1 Å². The molecule has 1 atom stereocenters. The van der Waals surface area contributed by atoms with Gasteiger partial charge in [0, 0.05) is 0 Å². The van der Waals surface area contributed by atoms with Crippen LogP contribution in [0.1, 0.15) is 16.9 Å². The van der Waals surface area contributed by atoms with Crippen molar-refractivity contribution in [3.05, 3.63) is 18.2 Å². The first-order valence-electron chi connectivity index (χ1n) is 4.31. The lowest BCUT2D eigenvalue weighted by Crippen LogP contribution is -2.43. The molecule has 8 heteroatoms. The number of carboxylic acids is 1. The van der Waals surface area contributed by atoms with Gasteiger partial charge in [-0.15, -0.1) is 0 Å². The van der Waals surface area contributed by atoms with E-state index in [-0.39, 0.29) is 5.69 Å². The number of carbonyl (C=O) groups excluding carboxylic acids is 2. The van der Waals surface area contributed by atoms with Gasteiger partial charge in [-0.2, -0.15) is 0 Å². The average molecular weight is 226 g/mol. The van der Waals surface area contributed by atoms with E-state index >= 15 is 0 Å². The Morgan fingerprint density at radius 3 is 2.69 bits per heavy atom. The molecule has 0 aliphatic rings. The SMILES string of the molecule is NC(=O)C[C@@H](NC(=O)c1cnc[nH]1)C(=O)O. The van der Waals surface area contributed by atoms with Crippen LogP contribution in [0.4, 0.5) is 0 Å². The molecule has 8 nitrogen and oxygen atoms in total. The quantitative estimate of drug-likeness (QED) is 0.482. The molecular formula is C8H10N4O4. The van der Waals surface area contributed by atoms with Crippen molar-refractivity contribution in [2.24, 2.45) is 5.73 Å². The molecule has 0 bridgehead atoms. The number of aliphatic carboxylic acids is 1. The Kier molecular flexibility index (Phi) is 3.59. The summed E-state index contributed by atoms with van der Waals surface area (Å²) in [6.07, 6.45) is 2.05. The predicted molar refractivity (Wildman–Crippen MR) is 51.3 cm³/mol. The molecule has 0 spiro atoms. The summed E-state index contributed by atoms with van der Waals surface area (Å²) in [7, 11) is 0. The molecule has 16 heavy (non-hydrogen) atoms. The highest BCUT2D eigenvalue weighted by atomic mass is 16.4. The normalized spacial score (nSPS) is 11.8. The molecule has 0 fully saturated rings. The molecule has 2 amide bonds. The Morgan fingerprint density at radius 2 is 2.25 bits per heavy atom. The van der Waals surface area contributed by atoms with Crippen molar-refractivity contribution in [2.75, 3.05) is 0 Å². The van der Waals surface area contributed by atoms with E-state index in [1.165, 1.54) is 12.5 Å². The highest BCUT2D eigenvalue weighted by Crippen LogP contribution is 1.96. The van der Waals surface area contributed by atoms with E-state index in [1.807, 2.05) is 0 Å².